The van der Waals surface area contributed by atoms with E-state index in [0.717, 1.165) is 11.3 Å². The molecule has 0 heterocycles. The second-order valence-electron chi connectivity index (χ2n) is 5.97. The molecule has 1 heteroatoms. The van der Waals surface area contributed by atoms with Crippen LogP contribution < -0.4 is 4.74 Å². The Balaban J connectivity index is 1.94. The highest BCUT2D eigenvalue weighted by Crippen LogP contribution is 2.32. The van der Waals surface area contributed by atoms with Gasteiger partial charge in [-0.15, -0.1) is 0 Å². The van der Waals surface area contributed by atoms with E-state index in [1.165, 1.54) is 33.4 Å². The Hall–Kier alpha value is -2.80. The first-order chi connectivity index (χ1) is 11.6. The van der Waals surface area contributed by atoms with Crippen molar-refractivity contribution in [3.05, 3.63) is 83.9 Å². The van der Waals surface area contributed by atoms with Crippen LogP contribution in [-0.4, -0.2) is 7.11 Å². The predicted molar refractivity (Wildman–Crippen MR) is 103 cm³/mol. The van der Waals surface area contributed by atoms with Crippen molar-refractivity contribution in [1.29, 1.82) is 0 Å². The van der Waals surface area contributed by atoms with E-state index < -0.39 is 0 Å². The van der Waals surface area contributed by atoms with E-state index in [0.29, 0.717) is 0 Å². The van der Waals surface area contributed by atoms with Gasteiger partial charge in [0, 0.05) is 0 Å². The minimum absolute atomic E-state index is 0.940. The lowest BCUT2D eigenvalue weighted by Gasteiger charge is -2.13. The van der Waals surface area contributed by atoms with E-state index in [-0.39, 0.29) is 0 Å². The van der Waals surface area contributed by atoms with Gasteiger partial charge in [0.15, 0.2) is 0 Å². The number of benzene rings is 3. The van der Waals surface area contributed by atoms with Crippen LogP contribution in [-0.2, 0) is 0 Å². The third-order valence-corrected chi connectivity index (χ3v) is 4.63. The molecule has 0 unspecified atom stereocenters. The van der Waals surface area contributed by atoms with Crippen molar-refractivity contribution in [1.82, 2.24) is 0 Å². The van der Waals surface area contributed by atoms with Gasteiger partial charge < -0.3 is 4.74 Å². The number of rotatable bonds is 4. The van der Waals surface area contributed by atoms with Gasteiger partial charge in [-0.2, -0.15) is 0 Å². The summed E-state index contributed by atoms with van der Waals surface area (Å²) < 4.78 is 5.41. The molecule has 3 rings (SSSR count). The zero-order valence-corrected chi connectivity index (χ0v) is 14.5. The molecule has 0 bridgehead atoms. The molecule has 0 aromatic heterocycles. The average molecular weight is 314 g/mol. The largest absolute Gasteiger partial charge is 0.496 e. The molecule has 24 heavy (non-hydrogen) atoms. The highest BCUT2D eigenvalue weighted by Gasteiger charge is 2.08. The fourth-order valence-electron chi connectivity index (χ4n) is 2.98. The number of methoxy groups -OCH3 is 1. The molecule has 0 atom stereocenters. The molecule has 0 N–H and O–H groups in total. The molecule has 0 aliphatic carbocycles. The first-order valence-corrected chi connectivity index (χ1v) is 8.11. The van der Waals surface area contributed by atoms with E-state index in [9.17, 15) is 0 Å². The topological polar surface area (TPSA) is 9.23 Å². The molecule has 0 radical (unpaired) electrons. The Bertz CT molecular complexity index is 856. The lowest BCUT2D eigenvalue weighted by atomic mass is 9.94. The summed E-state index contributed by atoms with van der Waals surface area (Å²) >= 11 is 0. The van der Waals surface area contributed by atoms with Crippen LogP contribution in [0.1, 0.15) is 16.7 Å². The van der Waals surface area contributed by atoms with Gasteiger partial charge in [-0.05, 0) is 58.9 Å². The van der Waals surface area contributed by atoms with Crippen LogP contribution in [0.15, 0.2) is 67.2 Å². The van der Waals surface area contributed by atoms with Crippen LogP contribution in [0.4, 0.5) is 0 Å². The third kappa shape index (κ3) is 2.98. The van der Waals surface area contributed by atoms with Crippen LogP contribution in [0.2, 0.25) is 0 Å². The number of ether oxygens (including phenoxy) is 1. The van der Waals surface area contributed by atoms with E-state index in [1.54, 1.807) is 7.11 Å². The van der Waals surface area contributed by atoms with Gasteiger partial charge in [-0.1, -0.05) is 67.3 Å². The van der Waals surface area contributed by atoms with Gasteiger partial charge in [0.05, 0.1) is 7.11 Å². The fourth-order valence-corrected chi connectivity index (χ4v) is 2.98. The Kier molecular flexibility index (Phi) is 4.52. The minimum atomic E-state index is 0.940. The first-order valence-electron chi connectivity index (χ1n) is 8.11. The van der Waals surface area contributed by atoms with Gasteiger partial charge in [0.2, 0.25) is 0 Å². The minimum Gasteiger partial charge on any atom is -0.496 e. The highest BCUT2D eigenvalue weighted by molar-refractivity contribution is 5.74. The number of hydrogen-bond acceptors (Lipinski definition) is 1. The summed E-state index contributed by atoms with van der Waals surface area (Å²) in [5, 5.41) is 0. The molecule has 0 saturated carbocycles. The summed E-state index contributed by atoms with van der Waals surface area (Å²) in [6.07, 6.45) is 1.86. The highest BCUT2D eigenvalue weighted by atomic mass is 16.5. The van der Waals surface area contributed by atoms with Gasteiger partial charge in [-0.3, -0.25) is 0 Å². The van der Waals surface area contributed by atoms with Gasteiger partial charge in [0.25, 0.3) is 0 Å². The van der Waals surface area contributed by atoms with Crippen molar-refractivity contribution in [3.8, 4) is 28.0 Å². The quantitative estimate of drug-likeness (QED) is 0.550. The third-order valence-electron chi connectivity index (χ3n) is 4.63. The second-order valence-corrected chi connectivity index (χ2v) is 5.97. The van der Waals surface area contributed by atoms with Crippen LogP contribution in [0.3, 0.4) is 0 Å². The summed E-state index contributed by atoms with van der Waals surface area (Å²) in [6.45, 7) is 8.05. The molecule has 1 nitrogen and oxygen atoms in total. The molecule has 3 aromatic rings. The summed E-state index contributed by atoms with van der Waals surface area (Å²) in [5.74, 6) is 0.940. The lowest BCUT2D eigenvalue weighted by Crippen LogP contribution is -1.93. The molecule has 3 aromatic carbocycles. The zero-order valence-electron chi connectivity index (χ0n) is 14.5. The fraction of sp³-hybridized carbons (Fsp3) is 0.130. The second kappa shape index (κ2) is 6.76. The zero-order chi connectivity index (χ0) is 17.1. The predicted octanol–water partition coefficient (Wildman–Crippen LogP) is 6.29. The van der Waals surface area contributed by atoms with Crippen molar-refractivity contribution in [2.24, 2.45) is 0 Å². The maximum atomic E-state index is 5.41. The van der Waals surface area contributed by atoms with E-state index >= 15 is 0 Å². The van der Waals surface area contributed by atoms with E-state index in [4.69, 9.17) is 4.74 Å². The molecule has 120 valence electrons. The van der Waals surface area contributed by atoms with Crippen LogP contribution >= 0.6 is 0 Å². The lowest BCUT2D eigenvalue weighted by molar-refractivity contribution is 0.411. The molecule has 0 saturated heterocycles. The van der Waals surface area contributed by atoms with Crippen molar-refractivity contribution < 1.29 is 4.74 Å². The van der Waals surface area contributed by atoms with Gasteiger partial charge in [0.1, 0.15) is 5.75 Å². The SMILES string of the molecule is C=Cc1ccc(-c2ccc(-c3ccc(OC)c(C)c3C)cc2)cc1. The normalized spacial score (nSPS) is 10.5. The standard InChI is InChI=1S/C23H22O/c1-5-18-6-8-19(9-7-18)20-10-12-21(13-11-20)22-14-15-23(24-4)17(3)16(22)2/h5-15H,1H2,2-4H3. The summed E-state index contributed by atoms with van der Waals surface area (Å²) in [5.41, 5.74) is 8.51. The van der Waals surface area contributed by atoms with E-state index in [2.05, 4.69) is 75.0 Å². The summed E-state index contributed by atoms with van der Waals surface area (Å²) in [4.78, 5) is 0. The molecule has 0 fully saturated rings. The van der Waals surface area contributed by atoms with Crippen LogP contribution in [0.5, 0.6) is 5.75 Å². The van der Waals surface area contributed by atoms with Crippen molar-refractivity contribution in [2.75, 3.05) is 7.11 Å². The van der Waals surface area contributed by atoms with Crippen molar-refractivity contribution in [2.45, 2.75) is 13.8 Å². The van der Waals surface area contributed by atoms with Gasteiger partial charge in [-0.25, -0.2) is 0 Å². The molecular weight excluding hydrogens is 292 g/mol. The Morgan fingerprint density at radius 1 is 0.708 bits per heavy atom. The summed E-state index contributed by atoms with van der Waals surface area (Å²) in [7, 11) is 1.72. The van der Waals surface area contributed by atoms with Crippen molar-refractivity contribution in [3.63, 3.8) is 0 Å². The average Bonchev–Trinajstić information content (AvgIpc) is 2.64. The molecule has 0 aliphatic rings. The number of hydrogen-bond donors (Lipinski definition) is 0. The smallest absolute Gasteiger partial charge is 0.122 e. The maximum absolute atomic E-state index is 5.41. The summed E-state index contributed by atoms with van der Waals surface area (Å²) in [6, 6.07) is 21.4. The molecule has 0 spiro atoms. The Morgan fingerprint density at radius 3 is 1.79 bits per heavy atom. The monoisotopic (exact) mass is 314 g/mol. The van der Waals surface area contributed by atoms with E-state index in [1.807, 2.05) is 12.1 Å². The molecular formula is C23H22O. The Labute approximate surface area is 144 Å². The molecule has 0 amide bonds. The first kappa shape index (κ1) is 16.1. The van der Waals surface area contributed by atoms with Gasteiger partial charge >= 0.3 is 0 Å². The van der Waals surface area contributed by atoms with Crippen molar-refractivity contribution >= 4 is 6.08 Å². The maximum Gasteiger partial charge on any atom is 0.122 e. The van der Waals surface area contributed by atoms with Crippen LogP contribution in [0, 0.1) is 13.8 Å². The van der Waals surface area contributed by atoms with Crippen LogP contribution in [0.25, 0.3) is 28.3 Å². The Morgan fingerprint density at radius 2 is 1.25 bits per heavy atom. The molecule has 0 aliphatic heterocycles.